The van der Waals surface area contributed by atoms with Crippen molar-refractivity contribution in [2.45, 2.75) is 44.9 Å². The molecule has 2 nitrogen and oxygen atoms in total. The van der Waals surface area contributed by atoms with Gasteiger partial charge >= 0.3 is 0 Å². The SMILES string of the molecule is C1CCC(C2CNCCC23CCCOC3)C1. The van der Waals surface area contributed by atoms with Crippen molar-refractivity contribution in [3.8, 4) is 0 Å². The van der Waals surface area contributed by atoms with Crippen LogP contribution in [0.2, 0.25) is 0 Å². The molecule has 2 atom stereocenters. The molecule has 0 radical (unpaired) electrons. The van der Waals surface area contributed by atoms with E-state index in [9.17, 15) is 0 Å². The number of piperidine rings is 1. The third-order valence-electron chi connectivity index (χ3n) is 5.27. The number of rotatable bonds is 1. The summed E-state index contributed by atoms with van der Waals surface area (Å²) in [6, 6.07) is 0. The molecule has 1 N–H and O–H groups in total. The Kier molecular flexibility index (Phi) is 3.21. The molecule has 1 saturated carbocycles. The van der Waals surface area contributed by atoms with E-state index in [4.69, 9.17) is 4.74 Å². The normalized spacial score (nSPS) is 41.6. The van der Waals surface area contributed by atoms with Crippen LogP contribution in [0.1, 0.15) is 44.9 Å². The van der Waals surface area contributed by atoms with Gasteiger partial charge in [-0.15, -0.1) is 0 Å². The van der Waals surface area contributed by atoms with E-state index in [2.05, 4.69) is 5.32 Å². The minimum atomic E-state index is 0.554. The Hall–Kier alpha value is -0.0800. The van der Waals surface area contributed by atoms with Crippen LogP contribution in [0.15, 0.2) is 0 Å². The van der Waals surface area contributed by atoms with Crippen molar-refractivity contribution in [2.24, 2.45) is 17.3 Å². The van der Waals surface area contributed by atoms with Gasteiger partial charge in [-0.1, -0.05) is 25.7 Å². The van der Waals surface area contributed by atoms with Gasteiger partial charge in [0.2, 0.25) is 0 Å². The molecular formula is C14H25NO. The summed E-state index contributed by atoms with van der Waals surface area (Å²) in [6.07, 6.45) is 9.98. The van der Waals surface area contributed by atoms with Gasteiger partial charge in [-0.25, -0.2) is 0 Å². The van der Waals surface area contributed by atoms with E-state index in [0.29, 0.717) is 5.41 Å². The van der Waals surface area contributed by atoms with Crippen molar-refractivity contribution in [3.63, 3.8) is 0 Å². The molecule has 0 aromatic carbocycles. The first kappa shape index (κ1) is 11.0. The molecule has 0 bridgehead atoms. The van der Waals surface area contributed by atoms with Gasteiger partial charge in [-0.2, -0.15) is 0 Å². The molecule has 0 aromatic heterocycles. The van der Waals surface area contributed by atoms with Crippen molar-refractivity contribution >= 4 is 0 Å². The molecule has 2 heteroatoms. The van der Waals surface area contributed by atoms with Crippen LogP contribution in [-0.4, -0.2) is 26.3 Å². The monoisotopic (exact) mass is 223 g/mol. The Labute approximate surface area is 99.1 Å². The highest BCUT2D eigenvalue weighted by Crippen LogP contribution is 2.48. The van der Waals surface area contributed by atoms with E-state index in [0.717, 1.165) is 25.0 Å². The predicted molar refractivity (Wildman–Crippen MR) is 65.4 cm³/mol. The molecule has 0 amide bonds. The third kappa shape index (κ3) is 1.91. The number of hydrogen-bond acceptors (Lipinski definition) is 2. The summed E-state index contributed by atoms with van der Waals surface area (Å²) >= 11 is 0. The lowest BCUT2D eigenvalue weighted by molar-refractivity contribution is -0.0731. The van der Waals surface area contributed by atoms with Gasteiger partial charge in [0, 0.05) is 6.61 Å². The molecule has 0 aromatic rings. The minimum absolute atomic E-state index is 0.554. The van der Waals surface area contributed by atoms with E-state index in [-0.39, 0.29) is 0 Å². The Morgan fingerprint density at radius 3 is 2.69 bits per heavy atom. The third-order valence-corrected chi connectivity index (χ3v) is 5.27. The summed E-state index contributed by atoms with van der Waals surface area (Å²) < 4.78 is 5.82. The number of hydrogen-bond donors (Lipinski definition) is 1. The van der Waals surface area contributed by atoms with Gasteiger partial charge in [0.15, 0.2) is 0 Å². The molecule has 1 aliphatic carbocycles. The van der Waals surface area contributed by atoms with E-state index in [1.165, 1.54) is 58.0 Å². The first-order valence-corrected chi connectivity index (χ1v) is 7.19. The second-order valence-corrected chi connectivity index (χ2v) is 6.12. The van der Waals surface area contributed by atoms with Crippen LogP contribution in [-0.2, 0) is 4.74 Å². The average molecular weight is 223 g/mol. The van der Waals surface area contributed by atoms with E-state index < -0.39 is 0 Å². The Bertz CT molecular complexity index is 221. The maximum atomic E-state index is 5.82. The van der Waals surface area contributed by atoms with Crippen molar-refractivity contribution < 1.29 is 4.74 Å². The highest BCUT2D eigenvalue weighted by atomic mass is 16.5. The van der Waals surface area contributed by atoms with Gasteiger partial charge in [0.25, 0.3) is 0 Å². The van der Waals surface area contributed by atoms with Gasteiger partial charge in [-0.05, 0) is 49.6 Å². The van der Waals surface area contributed by atoms with Crippen molar-refractivity contribution in [1.29, 1.82) is 0 Å². The van der Waals surface area contributed by atoms with Crippen molar-refractivity contribution in [3.05, 3.63) is 0 Å². The Morgan fingerprint density at radius 2 is 1.94 bits per heavy atom. The Balaban J connectivity index is 1.76. The summed E-state index contributed by atoms with van der Waals surface area (Å²) in [4.78, 5) is 0. The quantitative estimate of drug-likeness (QED) is 0.738. The summed E-state index contributed by atoms with van der Waals surface area (Å²) in [7, 11) is 0. The number of ether oxygens (including phenoxy) is 1. The molecule has 2 heterocycles. The Morgan fingerprint density at radius 1 is 1.06 bits per heavy atom. The van der Waals surface area contributed by atoms with Gasteiger partial charge < -0.3 is 10.1 Å². The van der Waals surface area contributed by atoms with Crippen LogP contribution in [0.5, 0.6) is 0 Å². The van der Waals surface area contributed by atoms with Gasteiger partial charge in [-0.3, -0.25) is 0 Å². The van der Waals surface area contributed by atoms with Gasteiger partial charge in [0.1, 0.15) is 0 Å². The summed E-state index contributed by atoms with van der Waals surface area (Å²) in [5.74, 6) is 1.90. The highest BCUT2D eigenvalue weighted by molar-refractivity contribution is 4.96. The topological polar surface area (TPSA) is 21.3 Å². The summed E-state index contributed by atoms with van der Waals surface area (Å²) in [5.41, 5.74) is 0.554. The molecule has 3 aliphatic rings. The fourth-order valence-electron chi connectivity index (χ4n) is 4.39. The van der Waals surface area contributed by atoms with Crippen LogP contribution < -0.4 is 5.32 Å². The van der Waals surface area contributed by atoms with Gasteiger partial charge in [0.05, 0.1) is 6.61 Å². The molecular weight excluding hydrogens is 198 g/mol. The second-order valence-electron chi connectivity index (χ2n) is 6.12. The molecule has 3 rings (SSSR count). The summed E-state index contributed by atoms with van der Waals surface area (Å²) in [6.45, 7) is 4.53. The molecule has 2 aliphatic heterocycles. The molecule has 92 valence electrons. The lowest BCUT2D eigenvalue weighted by atomic mass is 9.63. The van der Waals surface area contributed by atoms with Crippen LogP contribution in [0.3, 0.4) is 0 Å². The molecule has 1 spiro atoms. The molecule has 2 saturated heterocycles. The van der Waals surface area contributed by atoms with Crippen LogP contribution >= 0.6 is 0 Å². The maximum absolute atomic E-state index is 5.82. The first-order chi connectivity index (χ1) is 7.91. The van der Waals surface area contributed by atoms with E-state index in [1.54, 1.807) is 0 Å². The lowest BCUT2D eigenvalue weighted by Gasteiger charge is -2.49. The highest BCUT2D eigenvalue weighted by Gasteiger charge is 2.45. The summed E-state index contributed by atoms with van der Waals surface area (Å²) in [5, 5.41) is 3.63. The van der Waals surface area contributed by atoms with Crippen molar-refractivity contribution in [1.82, 2.24) is 5.32 Å². The van der Waals surface area contributed by atoms with Crippen LogP contribution in [0.4, 0.5) is 0 Å². The zero-order valence-electron chi connectivity index (χ0n) is 10.3. The fraction of sp³-hybridized carbons (Fsp3) is 1.00. The molecule has 2 unspecified atom stereocenters. The molecule has 16 heavy (non-hydrogen) atoms. The zero-order valence-corrected chi connectivity index (χ0v) is 10.3. The van der Waals surface area contributed by atoms with Crippen LogP contribution in [0, 0.1) is 17.3 Å². The van der Waals surface area contributed by atoms with Crippen LogP contribution in [0.25, 0.3) is 0 Å². The lowest BCUT2D eigenvalue weighted by Crippen LogP contribution is -2.51. The number of nitrogens with one attached hydrogen (secondary N) is 1. The standard InChI is InChI=1S/C14H25NO/c1-2-5-12(4-1)13-10-15-8-7-14(13)6-3-9-16-11-14/h12-13,15H,1-11H2. The predicted octanol–water partition coefficient (Wildman–Crippen LogP) is 2.58. The second kappa shape index (κ2) is 4.66. The smallest absolute Gasteiger partial charge is 0.0526 e. The largest absolute Gasteiger partial charge is 0.381 e. The minimum Gasteiger partial charge on any atom is -0.381 e. The molecule has 3 fully saturated rings. The fourth-order valence-corrected chi connectivity index (χ4v) is 4.39. The van der Waals surface area contributed by atoms with E-state index in [1.807, 2.05) is 0 Å². The zero-order chi connectivity index (χ0) is 10.8. The maximum Gasteiger partial charge on any atom is 0.0526 e. The van der Waals surface area contributed by atoms with E-state index >= 15 is 0 Å². The first-order valence-electron chi connectivity index (χ1n) is 7.19. The average Bonchev–Trinajstić information content (AvgIpc) is 2.84. The van der Waals surface area contributed by atoms with Crippen molar-refractivity contribution in [2.75, 3.05) is 26.3 Å².